The van der Waals surface area contributed by atoms with Crippen molar-refractivity contribution in [2.45, 2.75) is 6.42 Å². The van der Waals surface area contributed by atoms with Gasteiger partial charge in [-0.25, -0.2) is 4.98 Å². The minimum atomic E-state index is -0.0858. The van der Waals surface area contributed by atoms with Crippen molar-refractivity contribution < 1.29 is 4.79 Å². The van der Waals surface area contributed by atoms with Crippen molar-refractivity contribution in [2.75, 3.05) is 5.32 Å². The van der Waals surface area contributed by atoms with Gasteiger partial charge in [0.2, 0.25) is 5.91 Å². The van der Waals surface area contributed by atoms with E-state index in [9.17, 15) is 4.79 Å². The predicted octanol–water partition coefficient (Wildman–Crippen LogP) is 5.86. The summed E-state index contributed by atoms with van der Waals surface area (Å²) in [5.74, 6) is -0.0858. The van der Waals surface area contributed by atoms with Crippen LogP contribution in [0.1, 0.15) is 4.88 Å². The highest BCUT2D eigenvalue weighted by Crippen LogP contribution is 2.31. The van der Waals surface area contributed by atoms with Crippen LogP contribution in [0, 0.1) is 0 Å². The standard InChI is InChI=1S/C19H13ClN2OS2/c20-17-9-8-13(25-17)10-18(23)22-19-21-16(11-24-19)15-7-3-5-12-4-1-2-6-14(12)15/h1-9,11H,10H2,(H,21,22,23). The van der Waals surface area contributed by atoms with Crippen LogP contribution < -0.4 is 5.32 Å². The van der Waals surface area contributed by atoms with Crippen molar-refractivity contribution in [1.82, 2.24) is 4.98 Å². The average molecular weight is 385 g/mol. The van der Waals surface area contributed by atoms with E-state index in [1.54, 1.807) is 6.07 Å². The number of nitrogens with one attached hydrogen (secondary N) is 1. The summed E-state index contributed by atoms with van der Waals surface area (Å²) in [6.45, 7) is 0. The summed E-state index contributed by atoms with van der Waals surface area (Å²) in [7, 11) is 0. The second-order valence-electron chi connectivity index (χ2n) is 5.50. The summed E-state index contributed by atoms with van der Waals surface area (Å²) in [6, 6.07) is 18.0. The highest BCUT2D eigenvalue weighted by molar-refractivity contribution is 7.16. The zero-order valence-electron chi connectivity index (χ0n) is 13.0. The molecule has 0 aliphatic carbocycles. The molecule has 0 bridgehead atoms. The van der Waals surface area contributed by atoms with Crippen molar-refractivity contribution in [3.05, 3.63) is 69.2 Å². The minimum Gasteiger partial charge on any atom is -0.302 e. The number of halogens is 1. The fourth-order valence-corrected chi connectivity index (χ4v) is 4.49. The maximum absolute atomic E-state index is 12.2. The number of carbonyl (C=O) groups is 1. The lowest BCUT2D eigenvalue weighted by Gasteiger charge is -2.03. The van der Waals surface area contributed by atoms with E-state index in [1.165, 1.54) is 28.1 Å². The Morgan fingerprint density at radius 3 is 2.76 bits per heavy atom. The predicted molar refractivity (Wildman–Crippen MR) is 107 cm³/mol. The van der Waals surface area contributed by atoms with Gasteiger partial charge in [-0.1, -0.05) is 54.1 Å². The Labute approximate surface area is 157 Å². The van der Waals surface area contributed by atoms with Gasteiger partial charge in [-0.2, -0.15) is 0 Å². The fourth-order valence-electron chi connectivity index (χ4n) is 2.67. The Kier molecular flexibility index (Phi) is 4.53. The molecule has 1 N–H and O–H groups in total. The number of aromatic nitrogens is 1. The number of anilines is 1. The van der Waals surface area contributed by atoms with Crippen molar-refractivity contribution in [3.63, 3.8) is 0 Å². The van der Waals surface area contributed by atoms with Gasteiger partial charge in [0, 0.05) is 15.8 Å². The van der Waals surface area contributed by atoms with Crippen LogP contribution in [0.4, 0.5) is 5.13 Å². The number of hydrogen-bond donors (Lipinski definition) is 1. The lowest BCUT2D eigenvalue weighted by Crippen LogP contribution is -2.13. The van der Waals surface area contributed by atoms with Crippen molar-refractivity contribution in [1.29, 1.82) is 0 Å². The van der Waals surface area contributed by atoms with Crippen LogP contribution in [0.2, 0.25) is 4.34 Å². The molecule has 2 aromatic carbocycles. The first-order chi connectivity index (χ1) is 12.2. The van der Waals surface area contributed by atoms with Crippen LogP contribution in [0.25, 0.3) is 22.0 Å². The zero-order chi connectivity index (χ0) is 17.2. The third-order valence-corrected chi connectivity index (χ3v) is 5.77. The summed E-state index contributed by atoms with van der Waals surface area (Å²) >= 11 is 8.75. The van der Waals surface area contributed by atoms with Crippen LogP contribution >= 0.6 is 34.3 Å². The molecule has 6 heteroatoms. The molecule has 1 amide bonds. The summed E-state index contributed by atoms with van der Waals surface area (Å²) in [6.07, 6.45) is 0.306. The maximum atomic E-state index is 12.2. The summed E-state index contributed by atoms with van der Waals surface area (Å²) in [5.41, 5.74) is 1.94. The Bertz CT molecular complexity index is 1050. The Morgan fingerprint density at radius 1 is 1.08 bits per heavy atom. The van der Waals surface area contributed by atoms with Crippen LogP contribution in [-0.2, 0) is 11.2 Å². The number of nitrogens with zero attached hydrogens (tertiary/aromatic N) is 1. The van der Waals surface area contributed by atoms with Crippen molar-refractivity contribution in [3.8, 4) is 11.3 Å². The molecule has 4 rings (SSSR count). The Morgan fingerprint density at radius 2 is 1.92 bits per heavy atom. The lowest BCUT2D eigenvalue weighted by atomic mass is 10.0. The van der Waals surface area contributed by atoms with Crippen LogP contribution in [0.5, 0.6) is 0 Å². The van der Waals surface area contributed by atoms with Gasteiger partial charge >= 0.3 is 0 Å². The van der Waals surface area contributed by atoms with Gasteiger partial charge in [-0.05, 0) is 22.9 Å². The van der Waals surface area contributed by atoms with E-state index in [2.05, 4.69) is 34.6 Å². The molecule has 25 heavy (non-hydrogen) atoms. The number of amides is 1. The third-order valence-electron chi connectivity index (χ3n) is 3.78. The van der Waals surface area contributed by atoms with Gasteiger partial charge < -0.3 is 5.32 Å². The number of thiophene rings is 1. The van der Waals surface area contributed by atoms with E-state index in [-0.39, 0.29) is 5.91 Å². The Hall–Kier alpha value is -2.21. The number of rotatable bonds is 4. The third kappa shape index (κ3) is 3.58. The molecule has 0 atom stereocenters. The molecule has 2 aromatic heterocycles. The molecule has 0 saturated heterocycles. The van der Waals surface area contributed by atoms with Gasteiger partial charge in [-0.15, -0.1) is 22.7 Å². The monoisotopic (exact) mass is 384 g/mol. The van der Waals surface area contributed by atoms with Crippen molar-refractivity contribution in [2.24, 2.45) is 0 Å². The van der Waals surface area contributed by atoms with Gasteiger partial charge in [0.25, 0.3) is 0 Å². The van der Waals surface area contributed by atoms with Crippen LogP contribution in [0.15, 0.2) is 60.0 Å². The lowest BCUT2D eigenvalue weighted by molar-refractivity contribution is -0.115. The number of carbonyl (C=O) groups excluding carboxylic acids is 1. The van der Waals surface area contributed by atoms with E-state index in [4.69, 9.17) is 11.6 Å². The molecule has 0 unspecified atom stereocenters. The maximum Gasteiger partial charge on any atom is 0.231 e. The molecule has 4 aromatic rings. The normalized spacial score (nSPS) is 10.9. The molecular weight excluding hydrogens is 372 g/mol. The first-order valence-corrected chi connectivity index (χ1v) is 9.74. The zero-order valence-corrected chi connectivity index (χ0v) is 15.4. The number of hydrogen-bond acceptors (Lipinski definition) is 4. The molecule has 0 aliphatic rings. The molecule has 0 spiro atoms. The number of fused-ring (bicyclic) bond motifs is 1. The second kappa shape index (κ2) is 6.96. The van der Waals surface area contributed by atoms with Gasteiger partial charge in [-0.3, -0.25) is 4.79 Å². The molecule has 0 aliphatic heterocycles. The summed E-state index contributed by atoms with van der Waals surface area (Å²) in [5, 5.41) is 7.78. The van der Waals surface area contributed by atoms with Gasteiger partial charge in [0.1, 0.15) is 0 Å². The molecule has 0 saturated carbocycles. The molecule has 2 heterocycles. The van der Waals surface area contributed by atoms with Crippen LogP contribution in [-0.4, -0.2) is 10.9 Å². The summed E-state index contributed by atoms with van der Waals surface area (Å²) in [4.78, 5) is 17.7. The molecule has 0 radical (unpaired) electrons. The SMILES string of the molecule is O=C(Cc1ccc(Cl)s1)Nc1nc(-c2cccc3ccccc23)cs1. The van der Waals surface area contributed by atoms with E-state index in [0.29, 0.717) is 15.9 Å². The van der Waals surface area contributed by atoms with E-state index >= 15 is 0 Å². The van der Waals surface area contributed by atoms with Gasteiger partial charge in [0.05, 0.1) is 16.5 Å². The first kappa shape index (κ1) is 16.3. The first-order valence-electron chi connectivity index (χ1n) is 7.67. The smallest absolute Gasteiger partial charge is 0.231 e. The van der Waals surface area contributed by atoms with E-state index < -0.39 is 0 Å². The van der Waals surface area contributed by atoms with Gasteiger partial charge in [0.15, 0.2) is 5.13 Å². The Balaban J connectivity index is 1.54. The average Bonchev–Trinajstić information content (AvgIpc) is 3.23. The number of thiazole rings is 1. The molecule has 0 fully saturated rings. The number of benzene rings is 2. The summed E-state index contributed by atoms with van der Waals surface area (Å²) < 4.78 is 0.690. The van der Waals surface area contributed by atoms with Crippen LogP contribution in [0.3, 0.4) is 0 Å². The molecule has 3 nitrogen and oxygen atoms in total. The highest BCUT2D eigenvalue weighted by atomic mass is 35.5. The quantitative estimate of drug-likeness (QED) is 0.478. The highest BCUT2D eigenvalue weighted by Gasteiger charge is 2.11. The minimum absolute atomic E-state index is 0.0858. The fraction of sp³-hybridized carbons (Fsp3) is 0.0526. The largest absolute Gasteiger partial charge is 0.302 e. The molecule has 124 valence electrons. The van der Waals surface area contributed by atoms with Crippen molar-refractivity contribution >= 4 is 56.1 Å². The van der Waals surface area contributed by atoms with E-state index in [1.807, 2.05) is 29.6 Å². The van der Waals surface area contributed by atoms with E-state index in [0.717, 1.165) is 21.5 Å². The second-order valence-corrected chi connectivity index (χ2v) is 8.15. The topological polar surface area (TPSA) is 42.0 Å². The molecular formula is C19H13ClN2OS2.